The Morgan fingerprint density at radius 3 is 1.31 bits per heavy atom. The molecule has 4 N–H and O–H groups in total. The predicted molar refractivity (Wildman–Crippen MR) is 180 cm³/mol. The summed E-state index contributed by atoms with van der Waals surface area (Å²) in [5, 5.41) is 16.9. The number of hydrogen-bond donors (Lipinski definition) is 4. The maximum Gasteiger partial charge on any atom is 3.00 e. The van der Waals surface area contributed by atoms with Crippen molar-refractivity contribution in [2.24, 2.45) is 0 Å². The van der Waals surface area contributed by atoms with Crippen molar-refractivity contribution in [2.45, 2.75) is 64.9 Å². The zero-order valence-electron chi connectivity index (χ0n) is 29.3. The Balaban J connectivity index is -0.000000275. The number of benzene rings is 2. The zero-order chi connectivity index (χ0) is 36.5. The normalized spacial score (nSPS) is 11.2. The first kappa shape index (κ1) is 54.1. The van der Waals surface area contributed by atoms with E-state index in [1.54, 1.807) is 0 Å². The average molecular weight is 861 g/mol. The van der Waals surface area contributed by atoms with Crippen LogP contribution in [-0.4, -0.2) is 83.3 Å². The van der Waals surface area contributed by atoms with Crippen LogP contribution in [0.2, 0.25) is 0 Å². The molecule has 0 aliphatic rings. The third kappa shape index (κ3) is 16.1. The van der Waals surface area contributed by atoms with Gasteiger partial charge < -0.3 is 27.7 Å². The van der Waals surface area contributed by atoms with Crippen molar-refractivity contribution in [3.05, 3.63) is 98.5 Å². The molecule has 12 nitrogen and oxygen atoms in total. The molecule has 0 aromatic heterocycles. The zero-order valence-corrected chi connectivity index (χ0v) is 36.6. The summed E-state index contributed by atoms with van der Waals surface area (Å²) in [5.74, 6) is -1.98. The Hall–Kier alpha value is -0.672. The molecule has 0 atom stereocenters. The van der Waals surface area contributed by atoms with E-state index in [1.165, 1.54) is 60.9 Å². The minimum Gasteiger partial charge on any atom is -0.329 e. The summed E-state index contributed by atoms with van der Waals surface area (Å²) in [6.45, 7) is 26.8. The van der Waals surface area contributed by atoms with Crippen molar-refractivity contribution in [1.82, 2.24) is 19.6 Å². The first-order chi connectivity index (χ1) is 21.1. The van der Waals surface area contributed by atoms with Crippen LogP contribution in [0, 0.1) is 67.5 Å². The van der Waals surface area contributed by atoms with E-state index in [-0.39, 0.29) is 91.6 Å². The molecular weight excluding hydrogens is 810 g/mol. The largest absolute Gasteiger partial charge is 3.00 e. The molecule has 264 valence electrons. The standard InChI is InChI=1S/2C8H16N2O4S.2C8H9.2Y/c2*1-5-10(6-2)15(13,14)8(3,4)7(11)9-12;1-7-4-3-5-8(2)6-7;1-7-5-3-4-6-8(7)2;;/h2*12H,1-2,5-6H2,3-4H3,(H,9,11);3-4,6H,1-2H3;3,5-6H,1-2H3;;/q2*-2;2*-1;2*+3. The van der Waals surface area contributed by atoms with Crippen molar-refractivity contribution in [1.29, 1.82) is 0 Å². The van der Waals surface area contributed by atoms with Crippen molar-refractivity contribution in [3.63, 3.8) is 0 Å². The average Bonchev–Trinajstić information content (AvgIpc) is 2.99. The number of aryl methyl sites for hydroxylation is 4. The molecule has 0 aliphatic carbocycles. The monoisotopic (exact) mass is 860 g/mol. The molecule has 0 saturated carbocycles. The minimum atomic E-state index is -3.88. The van der Waals surface area contributed by atoms with Crippen LogP contribution in [0.5, 0.6) is 0 Å². The third-order valence-corrected chi connectivity index (χ3v) is 11.8. The first-order valence-corrected chi connectivity index (χ1v) is 16.9. The second kappa shape index (κ2) is 25.3. The fourth-order valence-electron chi connectivity index (χ4n) is 3.18. The number of carbonyl (C=O) groups is 2. The number of nitrogens with one attached hydrogen (secondary N) is 2. The van der Waals surface area contributed by atoms with Crippen molar-refractivity contribution in [2.75, 3.05) is 26.2 Å². The molecule has 2 aromatic carbocycles. The smallest absolute Gasteiger partial charge is 0.329 e. The van der Waals surface area contributed by atoms with Crippen molar-refractivity contribution in [3.8, 4) is 0 Å². The van der Waals surface area contributed by atoms with Crippen LogP contribution >= 0.6 is 0 Å². The van der Waals surface area contributed by atoms with Gasteiger partial charge in [0.1, 0.15) is 0 Å². The van der Waals surface area contributed by atoms with E-state index in [0.29, 0.717) is 0 Å². The number of rotatable bonds is 10. The summed E-state index contributed by atoms with van der Waals surface area (Å²) in [6, 6.07) is 18.2. The van der Waals surface area contributed by atoms with E-state index >= 15 is 0 Å². The van der Waals surface area contributed by atoms with Gasteiger partial charge in [0.05, 0.1) is 0 Å². The molecule has 2 amide bonds. The number of nitrogens with zero attached hydrogens (tertiary/aromatic N) is 2. The third-order valence-electron chi connectivity index (χ3n) is 6.72. The van der Waals surface area contributed by atoms with Gasteiger partial charge in [0.2, 0.25) is 20.0 Å². The fraction of sp³-hybridized carbons (Fsp3) is 0.438. The summed E-state index contributed by atoms with van der Waals surface area (Å²) in [4.78, 5) is 22.4. The van der Waals surface area contributed by atoms with Gasteiger partial charge in [0, 0.05) is 0 Å². The Bertz CT molecular complexity index is 1340. The van der Waals surface area contributed by atoms with Gasteiger partial charge >= 0.3 is 65.4 Å². The van der Waals surface area contributed by atoms with Gasteiger partial charge in [-0.1, -0.05) is 27.7 Å². The van der Waals surface area contributed by atoms with E-state index in [2.05, 4.69) is 72.7 Å². The summed E-state index contributed by atoms with van der Waals surface area (Å²) < 4.78 is 46.0. The topological polar surface area (TPSA) is 173 Å². The second-order valence-corrected chi connectivity index (χ2v) is 15.7. The minimum absolute atomic E-state index is 0. The maximum absolute atomic E-state index is 11.9. The van der Waals surface area contributed by atoms with Crippen LogP contribution in [0.4, 0.5) is 0 Å². The van der Waals surface area contributed by atoms with Gasteiger partial charge in [0.25, 0.3) is 11.8 Å². The van der Waals surface area contributed by atoms with Gasteiger partial charge in [0.15, 0.2) is 9.49 Å². The molecule has 0 fully saturated rings. The van der Waals surface area contributed by atoms with Crippen LogP contribution < -0.4 is 11.0 Å². The summed E-state index contributed by atoms with van der Waals surface area (Å²) in [5.41, 5.74) is 7.83. The van der Waals surface area contributed by atoms with E-state index in [1.807, 2.05) is 31.2 Å². The fourth-order valence-corrected chi connectivity index (χ4v) is 5.99. The van der Waals surface area contributed by atoms with Gasteiger partial charge in [-0.15, -0.1) is 26.2 Å². The Labute approximate surface area is 340 Å². The summed E-state index contributed by atoms with van der Waals surface area (Å²) >= 11 is 0. The van der Waals surface area contributed by atoms with E-state index < -0.39 is 41.4 Å². The Morgan fingerprint density at radius 1 is 0.729 bits per heavy atom. The Kier molecular flexibility index (Phi) is 28.5. The number of hydrogen-bond acceptors (Lipinski definition) is 8. The van der Waals surface area contributed by atoms with E-state index in [0.717, 1.165) is 8.61 Å². The van der Waals surface area contributed by atoms with Gasteiger partial charge in [-0.3, -0.25) is 28.6 Å². The van der Waals surface area contributed by atoms with Crippen LogP contribution in [0.25, 0.3) is 0 Å². The number of carbonyl (C=O) groups excluding carboxylic acids is 2. The van der Waals surface area contributed by atoms with E-state index in [4.69, 9.17) is 10.4 Å². The molecule has 0 saturated heterocycles. The molecule has 2 aromatic rings. The molecular formula is C32H50N4O8S2Y2. The molecule has 0 aliphatic heterocycles. The van der Waals surface area contributed by atoms with Crippen LogP contribution in [0.15, 0.2) is 36.4 Å². The summed E-state index contributed by atoms with van der Waals surface area (Å²) in [7, 11) is -7.75. The number of sulfonamides is 2. The molecule has 0 heterocycles. The first-order valence-electron chi connectivity index (χ1n) is 14.0. The quantitative estimate of drug-likeness (QED) is 0.160. The molecule has 2 rings (SSSR count). The van der Waals surface area contributed by atoms with E-state index in [9.17, 15) is 26.4 Å². The van der Waals surface area contributed by atoms with Crippen LogP contribution in [0.3, 0.4) is 0 Å². The molecule has 0 unspecified atom stereocenters. The predicted octanol–water partition coefficient (Wildman–Crippen LogP) is 3.34. The van der Waals surface area contributed by atoms with Gasteiger partial charge in [-0.05, 0) is 27.7 Å². The second-order valence-electron chi connectivity index (χ2n) is 10.8. The SMILES string of the molecule is Cc1[c-]ccc(C)c1.Cc1c[c-]ccc1C.[CH2-]CN(C[CH2-])S(=O)(=O)C(C)(C)C(=O)NO.[CH2-]CN(C[CH2-])S(=O)(=O)C(C)(C)C(=O)NO.[Y+3].[Y+3]. The van der Waals surface area contributed by atoms with Crippen molar-refractivity contribution < 1.29 is 102 Å². The molecule has 0 radical (unpaired) electrons. The molecule has 0 bridgehead atoms. The Morgan fingerprint density at radius 2 is 1.10 bits per heavy atom. The van der Waals surface area contributed by atoms with Gasteiger partial charge in [-0.2, -0.15) is 70.8 Å². The number of hydroxylamine groups is 2. The van der Waals surface area contributed by atoms with Crippen molar-refractivity contribution >= 4 is 31.9 Å². The van der Waals surface area contributed by atoms with Crippen LogP contribution in [0.1, 0.15) is 49.9 Å². The van der Waals surface area contributed by atoms with Gasteiger partial charge in [-0.25, -0.2) is 27.8 Å². The molecule has 16 heteroatoms. The maximum atomic E-state index is 11.9. The van der Waals surface area contributed by atoms with Crippen LogP contribution in [-0.2, 0) is 95.1 Å². The molecule has 48 heavy (non-hydrogen) atoms. The number of amides is 2. The summed E-state index contributed by atoms with van der Waals surface area (Å²) in [6.07, 6.45) is 0. The molecule has 0 spiro atoms.